The molecule has 0 radical (unpaired) electrons. The summed E-state index contributed by atoms with van der Waals surface area (Å²) < 4.78 is 0. The molecule has 0 N–H and O–H groups in total. The van der Waals surface area contributed by atoms with E-state index in [-0.39, 0.29) is 11.0 Å². The van der Waals surface area contributed by atoms with Crippen molar-refractivity contribution in [3.8, 4) is 0 Å². The first kappa shape index (κ1) is 17.1. The average Bonchev–Trinajstić information content (AvgIpc) is 2.32. The standard InChI is InChI=1S/C15H29NO2/c1-4-6-7-8-12-15(16(17)18)13-9-11-14(3)10-5-2/h15H,3-13H2,1-2H3. The van der Waals surface area contributed by atoms with Crippen molar-refractivity contribution in [2.75, 3.05) is 0 Å². The maximum absolute atomic E-state index is 10.9. The molecule has 106 valence electrons. The van der Waals surface area contributed by atoms with Gasteiger partial charge < -0.3 is 0 Å². The highest BCUT2D eigenvalue weighted by Crippen LogP contribution is 2.17. The molecule has 1 unspecified atom stereocenters. The molecule has 0 bridgehead atoms. The summed E-state index contributed by atoms with van der Waals surface area (Å²) in [5, 5.41) is 10.9. The number of hydrogen-bond donors (Lipinski definition) is 0. The Labute approximate surface area is 112 Å². The van der Waals surface area contributed by atoms with Gasteiger partial charge in [-0.1, -0.05) is 51.7 Å². The van der Waals surface area contributed by atoms with Crippen molar-refractivity contribution >= 4 is 0 Å². The lowest BCUT2D eigenvalue weighted by Gasteiger charge is -2.10. The molecule has 0 aromatic rings. The van der Waals surface area contributed by atoms with Crippen molar-refractivity contribution in [2.24, 2.45) is 0 Å². The van der Waals surface area contributed by atoms with E-state index >= 15 is 0 Å². The lowest BCUT2D eigenvalue weighted by molar-refractivity contribution is -0.524. The van der Waals surface area contributed by atoms with Crippen LogP contribution in [0.15, 0.2) is 12.2 Å². The summed E-state index contributed by atoms with van der Waals surface area (Å²) in [6.07, 6.45) is 9.99. The first-order valence-electron chi connectivity index (χ1n) is 7.41. The van der Waals surface area contributed by atoms with Crippen LogP contribution in [0.5, 0.6) is 0 Å². The molecule has 0 aromatic heterocycles. The second kappa shape index (κ2) is 11.2. The van der Waals surface area contributed by atoms with Gasteiger partial charge in [-0.25, -0.2) is 0 Å². The van der Waals surface area contributed by atoms with E-state index in [4.69, 9.17) is 0 Å². The fraction of sp³-hybridized carbons (Fsp3) is 0.867. The molecule has 0 aliphatic rings. The number of nitrogens with zero attached hydrogens (tertiary/aromatic N) is 1. The predicted octanol–water partition coefficient (Wildman–Crippen LogP) is 5.13. The van der Waals surface area contributed by atoms with Crippen LogP contribution >= 0.6 is 0 Å². The Morgan fingerprint density at radius 3 is 2.28 bits per heavy atom. The molecule has 0 aromatic carbocycles. The summed E-state index contributed by atoms with van der Waals surface area (Å²) in [4.78, 5) is 10.9. The minimum Gasteiger partial charge on any atom is -0.264 e. The zero-order chi connectivity index (χ0) is 13.8. The maximum atomic E-state index is 10.9. The Morgan fingerprint density at radius 1 is 1.06 bits per heavy atom. The number of allylic oxidation sites excluding steroid dienone is 1. The normalized spacial score (nSPS) is 12.3. The molecule has 0 saturated carbocycles. The Kier molecular flexibility index (Phi) is 10.7. The first-order chi connectivity index (χ1) is 8.61. The molecule has 0 fully saturated rings. The van der Waals surface area contributed by atoms with Gasteiger partial charge in [0.05, 0.1) is 0 Å². The van der Waals surface area contributed by atoms with E-state index in [1.807, 2.05) is 0 Å². The van der Waals surface area contributed by atoms with Crippen LogP contribution in [0.2, 0.25) is 0 Å². The largest absolute Gasteiger partial charge is 0.264 e. The SMILES string of the molecule is C=C(CCC)CCCC(CCCCCC)[N+](=O)[O-]. The maximum Gasteiger partial charge on any atom is 0.213 e. The summed E-state index contributed by atoms with van der Waals surface area (Å²) in [6, 6.07) is -0.337. The minimum absolute atomic E-state index is 0.0888. The van der Waals surface area contributed by atoms with Crippen molar-refractivity contribution in [3.63, 3.8) is 0 Å². The molecule has 3 nitrogen and oxygen atoms in total. The van der Waals surface area contributed by atoms with Gasteiger partial charge in [-0.05, 0) is 25.7 Å². The summed E-state index contributed by atoms with van der Waals surface area (Å²) in [5.74, 6) is 0. The number of nitro groups is 1. The predicted molar refractivity (Wildman–Crippen MR) is 77.4 cm³/mol. The van der Waals surface area contributed by atoms with Crippen LogP contribution in [0.4, 0.5) is 0 Å². The van der Waals surface area contributed by atoms with Crippen molar-refractivity contribution in [1.82, 2.24) is 0 Å². The number of rotatable bonds is 12. The quantitative estimate of drug-likeness (QED) is 0.210. The fourth-order valence-corrected chi connectivity index (χ4v) is 2.23. The Morgan fingerprint density at radius 2 is 1.72 bits per heavy atom. The van der Waals surface area contributed by atoms with E-state index in [0.29, 0.717) is 6.42 Å². The van der Waals surface area contributed by atoms with Gasteiger partial charge in [0, 0.05) is 17.8 Å². The van der Waals surface area contributed by atoms with Crippen molar-refractivity contribution in [2.45, 2.75) is 84.1 Å². The van der Waals surface area contributed by atoms with Crippen molar-refractivity contribution in [3.05, 3.63) is 22.3 Å². The molecule has 0 spiro atoms. The third kappa shape index (κ3) is 9.20. The second-order valence-electron chi connectivity index (χ2n) is 5.18. The zero-order valence-corrected chi connectivity index (χ0v) is 12.1. The van der Waals surface area contributed by atoms with Gasteiger partial charge in [0.15, 0.2) is 0 Å². The van der Waals surface area contributed by atoms with Crippen LogP contribution in [0.1, 0.15) is 78.1 Å². The molecule has 0 aliphatic heterocycles. The molecule has 0 heterocycles. The lowest BCUT2D eigenvalue weighted by Crippen LogP contribution is -2.19. The van der Waals surface area contributed by atoms with E-state index < -0.39 is 0 Å². The third-order valence-electron chi connectivity index (χ3n) is 3.36. The lowest BCUT2D eigenvalue weighted by atomic mass is 9.99. The van der Waals surface area contributed by atoms with Crippen LogP contribution in [0.3, 0.4) is 0 Å². The molecule has 0 aliphatic carbocycles. The van der Waals surface area contributed by atoms with E-state index in [0.717, 1.165) is 44.9 Å². The fourth-order valence-electron chi connectivity index (χ4n) is 2.23. The molecule has 18 heavy (non-hydrogen) atoms. The van der Waals surface area contributed by atoms with Gasteiger partial charge in [-0.2, -0.15) is 0 Å². The van der Waals surface area contributed by atoms with E-state index in [9.17, 15) is 10.1 Å². The Balaban J connectivity index is 3.76. The van der Waals surface area contributed by atoms with E-state index in [1.54, 1.807) is 0 Å². The summed E-state index contributed by atoms with van der Waals surface area (Å²) in [6.45, 7) is 8.30. The van der Waals surface area contributed by atoms with E-state index in [1.165, 1.54) is 18.4 Å². The summed E-state index contributed by atoms with van der Waals surface area (Å²) in [5.41, 5.74) is 1.24. The molecule has 0 saturated heterocycles. The van der Waals surface area contributed by atoms with Crippen LogP contribution in [0, 0.1) is 10.1 Å². The Hall–Kier alpha value is -0.860. The minimum atomic E-state index is -0.337. The molecule has 3 heteroatoms. The monoisotopic (exact) mass is 255 g/mol. The molecule has 0 rings (SSSR count). The summed E-state index contributed by atoms with van der Waals surface area (Å²) in [7, 11) is 0. The smallest absolute Gasteiger partial charge is 0.213 e. The molecule has 0 amide bonds. The van der Waals surface area contributed by atoms with Gasteiger partial charge in [0.25, 0.3) is 0 Å². The van der Waals surface area contributed by atoms with Crippen molar-refractivity contribution < 1.29 is 4.92 Å². The van der Waals surface area contributed by atoms with Crippen LogP contribution in [-0.4, -0.2) is 11.0 Å². The highest BCUT2D eigenvalue weighted by Gasteiger charge is 2.18. The second-order valence-corrected chi connectivity index (χ2v) is 5.18. The van der Waals surface area contributed by atoms with E-state index in [2.05, 4.69) is 20.4 Å². The van der Waals surface area contributed by atoms with Gasteiger partial charge in [-0.3, -0.25) is 10.1 Å². The van der Waals surface area contributed by atoms with Gasteiger partial charge >= 0.3 is 0 Å². The summed E-state index contributed by atoms with van der Waals surface area (Å²) >= 11 is 0. The average molecular weight is 255 g/mol. The van der Waals surface area contributed by atoms with Gasteiger partial charge in [-0.15, -0.1) is 0 Å². The molecule has 1 atom stereocenters. The van der Waals surface area contributed by atoms with Crippen LogP contribution in [0.25, 0.3) is 0 Å². The molecular weight excluding hydrogens is 226 g/mol. The number of hydrogen-bond acceptors (Lipinski definition) is 2. The highest BCUT2D eigenvalue weighted by atomic mass is 16.6. The van der Waals surface area contributed by atoms with Crippen molar-refractivity contribution in [1.29, 1.82) is 0 Å². The zero-order valence-electron chi connectivity index (χ0n) is 12.1. The van der Waals surface area contributed by atoms with Gasteiger partial charge in [0.2, 0.25) is 6.04 Å². The molecular formula is C15H29NO2. The first-order valence-corrected chi connectivity index (χ1v) is 7.41. The third-order valence-corrected chi connectivity index (χ3v) is 3.36. The number of unbranched alkanes of at least 4 members (excludes halogenated alkanes) is 3. The highest BCUT2D eigenvalue weighted by molar-refractivity contribution is 4.93. The van der Waals surface area contributed by atoms with Crippen LogP contribution < -0.4 is 0 Å². The van der Waals surface area contributed by atoms with Crippen LogP contribution in [-0.2, 0) is 0 Å². The topological polar surface area (TPSA) is 43.1 Å². The van der Waals surface area contributed by atoms with Gasteiger partial charge in [0.1, 0.15) is 0 Å². The Bertz CT molecular complexity index is 239.